The van der Waals surface area contributed by atoms with E-state index in [1.54, 1.807) is 12.4 Å². The van der Waals surface area contributed by atoms with Gasteiger partial charge in [-0.15, -0.1) is 0 Å². The molecule has 110 valence electrons. The lowest BCUT2D eigenvalue weighted by molar-refractivity contribution is 0.0695. The van der Waals surface area contributed by atoms with Crippen LogP contribution in [0.2, 0.25) is 0 Å². The summed E-state index contributed by atoms with van der Waals surface area (Å²) in [6.45, 7) is 4.38. The Morgan fingerprint density at radius 2 is 2.29 bits per heavy atom. The van der Waals surface area contributed by atoms with E-state index in [4.69, 9.17) is 0 Å². The van der Waals surface area contributed by atoms with Crippen LogP contribution < -0.4 is 4.90 Å². The first-order valence-electron chi connectivity index (χ1n) is 7.17. The third-order valence-electron chi connectivity index (χ3n) is 3.90. The summed E-state index contributed by atoms with van der Waals surface area (Å²) in [5, 5.41) is 13.5. The highest BCUT2D eigenvalue weighted by Crippen LogP contribution is 2.30. The second-order valence-corrected chi connectivity index (χ2v) is 5.13. The number of aromatic nitrogens is 3. The number of carboxylic acids is 1. The molecule has 1 aliphatic rings. The molecule has 0 spiro atoms. The fraction of sp³-hybridized carbons (Fsp3) is 0.400. The van der Waals surface area contributed by atoms with Crippen LogP contribution in [0.1, 0.15) is 35.1 Å². The number of aromatic carboxylic acids is 1. The number of anilines is 1. The number of benzene rings is 1. The smallest absolute Gasteiger partial charge is 0.336 e. The lowest BCUT2D eigenvalue weighted by Gasteiger charge is -2.31. The molecule has 0 amide bonds. The van der Waals surface area contributed by atoms with Crippen molar-refractivity contribution >= 4 is 11.7 Å². The summed E-state index contributed by atoms with van der Waals surface area (Å²) >= 11 is 0. The molecule has 0 saturated heterocycles. The maximum Gasteiger partial charge on any atom is 0.336 e. The average Bonchev–Trinajstić information content (AvgIpc) is 2.94. The van der Waals surface area contributed by atoms with Crippen molar-refractivity contribution in [1.29, 1.82) is 0 Å². The highest BCUT2D eigenvalue weighted by molar-refractivity contribution is 5.91. The molecule has 6 heteroatoms. The van der Waals surface area contributed by atoms with Crippen LogP contribution in [0.3, 0.4) is 0 Å². The third-order valence-corrected chi connectivity index (χ3v) is 3.90. The van der Waals surface area contributed by atoms with Crippen LogP contribution in [-0.4, -0.2) is 32.4 Å². The molecule has 2 heterocycles. The Hall–Kier alpha value is -2.37. The van der Waals surface area contributed by atoms with Crippen LogP contribution in [0.4, 0.5) is 5.69 Å². The molecule has 0 atom stereocenters. The Balaban J connectivity index is 1.94. The lowest BCUT2D eigenvalue weighted by Crippen LogP contribution is -2.31. The minimum Gasteiger partial charge on any atom is -0.478 e. The highest BCUT2D eigenvalue weighted by atomic mass is 16.4. The van der Waals surface area contributed by atoms with Gasteiger partial charge in [0.1, 0.15) is 12.2 Å². The summed E-state index contributed by atoms with van der Waals surface area (Å²) in [7, 11) is 0. The molecule has 3 rings (SSSR count). The molecule has 0 fully saturated rings. The van der Waals surface area contributed by atoms with Crippen molar-refractivity contribution in [2.24, 2.45) is 0 Å². The third kappa shape index (κ3) is 2.49. The minimum atomic E-state index is -0.856. The normalized spacial score (nSPS) is 14.0. The first-order chi connectivity index (χ1) is 10.2. The SMILES string of the molecule is CCn1ncnc1CN1CCCc2c(C(=O)O)cccc21. The largest absolute Gasteiger partial charge is 0.478 e. The molecule has 6 nitrogen and oxygen atoms in total. The number of hydrogen-bond donors (Lipinski definition) is 1. The molecule has 21 heavy (non-hydrogen) atoms. The maximum absolute atomic E-state index is 11.4. The minimum absolute atomic E-state index is 0.411. The fourth-order valence-corrected chi connectivity index (χ4v) is 2.91. The topological polar surface area (TPSA) is 71.2 Å². The summed E-state index contributed by atoms with van der Waals surface area (Å²) in [6.07, 6.45) is 3.34. The zero-order valence-electron chi connectivity index (χ0n) is 12.0. The van der Waals surface area contributed by atoms with Crippen molar-refractivity contribution in [2.45, 2.75) is 32.9 Å². The summed E-state index contributed by atoms with van der Waals surface area (Å²) in [5.41, 5.74) is 2.35. The first-order valence-corrected chi connectivity index (χ1v) is 7.17. The molecule has 0 unspecified atom stereocenters. The van der Waals surface area contributed by atoms with Gasteiger partial charge in [-0.05, 0) is 37.5 Å². The van der Waals surface area contributed by atoms with E-state index in [1.807, 2.05) is 23.7 Å². The Bertz CT molecular complexity index is 665. The summed E-state index contributed by atoms with van der Waals surface area (Å²) in [6, 6.07) is 5.48. The second kappa shape index (κ2) is 5.55. The molecule has 0 radical (unpaired) electrons. The van der Waals surface area contributed by atoms with E-state index < -0.39 is 5.97 Å². The standard InChI is InChI=1S/C15H18N4O2/c1-2-19-14(16-10-17-19)9-18-8-4-6-11-12(15(20)21)5-3-7-13(11)18/h3,5,7,10H,2,4,6,8-9H2,1H3,(H,20,21). The predicted octanol–water partition coefficient (Wildman–Crippen LogP) is 1.95. The van der Waals surface area contributed by atoms with E-state index in [2.05, 4.69) is 15.0 Å². The Kier molecular flexibility index (Phi) is 3.60. The van der Waals surface area contributed by atoms with Crippen LogP contribution in [0.25, 0.3) is 0 Å². The molecule has 0 bridgehead atoms. The Morgan fingerprint density at radius 3 is 3.05 bits per heavy atom. The van der Waals surface area contributed by atoms with Crippen molar-refractivity contribution in [3.05, 3.63) is 41.5 Å². The number of aryl methyl sites for hydroxylation is 1. The van der Waals surface area contributed by atoms with Gasteiger partial charge in [0, 0.05) is 18.8 Å². The van der Waals surface area contributed by atoms with Gasteiger partial charge in [0.2, 0.25) is 0 Å². The molecule has 1 aromatic heterocycles. The first kappa shape index (κ1) is 13.6. The number of fused-ring (bicyclic) bond motifs is 1. The van der Waals surface area contributed by atoms with Gasteiger partial charge >= 0.3 is 5.97 Å². The quantitative estimate of drug-likeness (QED) is 0.930. The number of carboxylic acid groups (broad SMARTS) is 1. The number of nitrogens with zero attached hydrogens (tertiary/aromatic N) is 4. The van der Waals surface area contributed by atoms with Crippen molar-refractivity contribution in [3.63, 3.8) is 0 Å². The van der Waals surface area contributed by atoms with Gasteiger partial charge in [-0.25, -0.2) is 14.5 Å². The van der Waals surface area contributed by atoms with Gasteiger partial charge in [-0.3, -0.25) is 0 Å². The number of carbonyl (C=O) groups is 1. The summed E-state index contributed by atoms with van der Waals surface area (Å²) in [5.74, 6) is 0.0523. The predicted molar refractivity (Wildman–Crippen MR) is 78.5 cm³/mol. The molecule has 1 N–H and O–H groups in total. The van der Waals surface area contributed by atoms with Gasteiger partial charge in [0.25, 0.3) is 0 Å². The molecule has 1 aromatic carbocycles. The highest BCUT2D eigenvalue weighted by Gasteiger charge is 2.23. The van der Waals surface area contributed by atoms with Crippen molar-refractivity contribution in [2.75, 3.05) is 11.4 Å². The van der Waals surface area contributed by atoms with E-state index >= 15 is 0 Å². The maximum atomic E-state index is 11.4. The van der Waals surface area contributed by atoms with E-state index in [0.717, 1.165) is 43.0 Å². The number of hydrogen-bond acceptors (Lipinski definition) is 4. The van der Waals surface area contributed by atoms with Crippen LogP contribution in [0.15, 0.2) is 24.5 Å². The van der Waals surface area contributed by atoms with Gasteiger partial charge in [-0.1, -0.05) is 6.07 Å². The Labute approximate surface area is 123 Å². The number of rotatable bonds is 4. The van der Waals surface area contributed by atoms with Crippen molar-refractivity contribution < 1.29 is 9.90 Å². The van der Waals surface area contributed by atoms with Crippen molar-refractivity contribution in [1.82, 2.24) is 14.8 Å². The average molecular weight is 286 g/mol. The fourth-order valence-electron chi connectivity index (χ4n) is 2.91. The van der Waals surface area contributed by atoms with Gasteiger partial charge < -0.3 is 10.0 Å². The molecular formula is C15H18N4O2. The van der Waals surface area contributed by atoms with E-state index in [-0.39, 0.29) is 0 Å². The summed E-state index contributed by atoms with van der Waals surface area (Å²) < 4.78 is 1.87. The van der Waals surface area contributed by atoms with Gasteiger partial charge in [0.15, 0.2) is 0 Å². The zero-order chi connectivity index (χ0) is 14.8. The van der Waals surface area contributed by atoms with Gasteiger partial charge in [-0.2, -0.15) is 5.10 Å². The molecule has 1 aliphatic heterocycles. The Morgan fingerprint density at radius 1 is 1.43 bits per heavy atom. The van der Waals surface area contributed by atoms with E-state index in [9.17, 15) is 9.90 Å². The van der Waals surface area contributed by atoms with Crippen molar-refractivity contribution in [3.8, 4) is 0 Å². The van der Waals surface area contributed by atoms with E-state index in [0.29, 0.717) is 12.1 Å². The summed E-state index contributed by atoms with van der Waals surface area (Å²) in [4.78, 5) is 17.9. The monoisotopic (exact) mass is 286 g/mol. The molecule has 0 aliphatic carbocycles. The van der Waals surface area contributed by atoms with Crippen LogP contribution in [0.5, 0.6) is 0 Å². The van der Waals surface area contributed by atoms with Crippen LogP contribution in [-0.2, 0) is 19.5 Å². The second-order valence-electron chi connectivity index (χ2n) is 5.13. The van der Waals surface area contributed by atoms with Crippen LogP contribution >= 0.6 is 0 Å². The zero-order valence-corrected chi connectivity index (χ0v) is 12.0. The molecular weight excluding hydrogens is 268 g/mol. The molecule has 0 saturated carbocycles. The van der Waals surface area contributed by atoms with E-state index in [1.165, 1.54) is 0 Å². The lowest BCUT2D eigenvalue weighted by atomic mass is 9.96. The molecule has 2 aromatic rings. The van der Waals surface area contributed by atoms with Gasteiger partial charge in [0.05, 0.1) is 12.1 Å². The van der Waals surface area contributed by atoms with Crippen LogP contribution in [0, 0.1) is 0 Å².